The molecule has 1 aromatic rings. The molecule has 1 aromatic carbocycles. The SMILES string of the molecule is CSCC[C@@H](NC(=O)c1cc([N+](=O)[O-])cc([N+](=O)[O-])c1)C(=O)OC(C)C. The second-order valence-electron chi connectivity index (χ2n) is 5.55. The Kier molecular flexibility index (Phi) is 7.97. The molecule has 0 fully saturated rings. The van der Waals surface area contributed by atoms with Gasteiger partial charge in [-0.05, 0) is 32.3 Å². The van der Waals surface area contributed by atoms with Gasteiger partial charge in [0.2, 0.25) is 0 Å². The van der Waals surface area contributed by atoms with Gasteiger partial charge in [-0.15, -0.1) is 0 Å². The first-order valence-electron chi connectivity index (χ1n) is 7.59. The zero-order valence-corrected chi connectivity index (χ0v) is 15.3. The van der Waals surface area contributed by atoms with E-state index >= 15 is 0 Å². The highest BCUT2D eigenvalue weighted by molar-refractivity contribution is 7.98. The summed E-state index contributed by atoms with van der Waals surface area (Å²) in [5.74, 6) is -0.904. The van der Waals surface area contributed by atoms with Crippen LogP contribution in [0.25, 0.3) is 0 Å². The fourth-order valence-electron chi connectivity index (χ4n) is 1.98. The number of ether oxygens (including phenoxy) is 1. The van der Waals surface area contributed by atoms with Crippen molar-refractivity contribution in [3.8, 4) is 0 Å². The van der Waals surface area contributed by atoms with Crippen molar-refractivity contribution in [2.24, 2.45) is 0 Å². The van der Waals surface area contributed by atoms with E-state index in [9.17, 15) is 29.8 Å². The molecule has 1 rings (SSSR count). The van der Waals surface area contributed by atoms with E-state index in [1.54, 1.807) is 13.8 Å². The number of nitro groups is 2. The molecule has 0 heterocycles. The molecule has 0 aliphatic carbocycles. The molecule has 0 aliphatic rings. The molecular weight excluding hydrogens is 366 g/mol. The average molecular weight is 385 g/mol. The lowest BCUT2D eigenvalue weighted by atomic mass is 10.1. The quantitative estimate of drug-likeness (QED) is 0.388. The van der Waals surface area contributed by atoms with Gasteiger partial charge in [0.1, 0.15) is 6.04 Å². The van der Waals surface area contributed by atoms with Crippen LogP contribution < -0.4 is 5.32 Å². The van der Waals surface area contributed by atoms with Gasteiger partial charge >= 0.3 is 5.97 Å². The fourth-order valence-corrected chi connectivity index (χ4v) is 2.45. The summed E-state index contributed by atoms with van der Waals surface area (Å²) in [6.07, 6.45) is 1.74. The Balaban J connectivity index is 3.09. The Bertz CT molecular complexity index is 676. The summed E-state index contributed by atoms with van der Waals surface area (Å²) in [5, 5.41) is 24.3. The summed E-state index contributed by atoms with van der Waals surface area (Å²) in [6.45, 7) is 3.32. The topological polar surface area (TPSA) is 142 Å². The normalized spacial score (nSPS) is 11.7. The lowest BCUT2D eigenvalue weighted by Gasteiger charge is -2.18. The average Bonchev–Trinajstić information content (AvgIpc) is 2.57. The Morgan fingerprint density at radius 2 is 1.69 bits per heavy atom. The molecule has 1 amide bonds. The van der Waals surface area contributed by atoms with Crippen molar-refractivity contribution in [1.29, 1.82) is 0 Å². The van der Waals surface area contributed by atoms with Crippen LogP contribution >= 0.6 is 11.8 Å². The summed E-state index contributed by atoms with van der Waals surface area (Å²) in [7, 11) is 0. The molecule has 10 nitrogen and oxygen atoms in total. The summed E-state index contributed by atoms with van der Waals surface area (Å²) in [5.41, 5.74) is -1.46. The maximum atomic E-state index is 12.4. The molecule has 0 saturated heterocycles. The maximum Gasteiger partial charge on any atom is 0.328 e. The summed E-state index contributed by atoms with van der Waals surface area (Å²) in [6, 6.07) is 1.63. The number of thioether (sulfide) groups is 1. The van der Waals surface area contributed by atoms with Gasteiger partial charge in [-0.1, -0.05) is 0 Å². The lowest BCUT2D eigenvalue weighted by Crippen LogP contribution is -2.43. The molecular formula is C15H19N3O7S. The second kappa shape index (κ2) is 9.70. The minimum absolute atomic E-state index is 0.280. The molecule has 26 heavy (non-hydrogen) atoms. The van der Waals surface area contributed by atoms with E-state index in [4.69, 9.17) is 4.74 Å². The van der Waals surface area contributed by atoms with Gasteiger partial charge in [0, 0.05) is 12.1 Å². The molecule has 0 unspecified atom stereocenters. The van der Waals surface area contributed by atoms with Gasteiger partial charge in [-0.25, -0.2) is 4.79 Å². The number of hydrogen-bond acceptors (Lipinski definition) is 8. The summed E-state index contributed by atoms with van der Waals surface area (Å²) >= 11 is 1.46. The maximum absolute atomic E-state index is 12.4. The van der Waals surface area contributed by atoms with Gasteiger partial charge in [0.25, 0.3) is 17.3 Å². The van der Waals surface area contributed by atoms with Crippen molar-refractivity contribution in [3.63, 3.8) is 0 Å². The highest BCUT2D eigenvalue weighted by Gasteiger charge is 2.26. The Morgan fingerprint density at radius 1 is 1.15 bits per heavy atom. The van der Waals surface area contributed by atoms with Gasteiger partial charge in [-0.3, -0.25) is 25.0 Å². The van der Waals surface area contributed by atoms with Crippen LogP contribution in [0.5, 0.6) is 0 Å². The number of nitro benzene ring substituents is 2. The fraction of sp³-hybridized carbons (Fsp3) is 0.467. The van der Waals surface area contributed by atoms with Crippen LogP contribution in [0.3, 0.4) is 0 Å². The Morgan fingerprint density at radius 3 is 2.12 bits per heavy atom. The van der Waals surface area contributed by atoms with E-state index in [1.165, 1.54) is 11.8 Å². The van der Waals surface area contributed by atoms with Gasteiger partial charge in [0.05, 0.1) is 27.6 Å². The third-order valence-electron chi connectivity index (χ3n) is 3.14. The highest BCUT2D eigenvalue weighted by Crippen LogP contribution is 2.23. The number of benzene rings is 1. The molecule has 0 spiro atoms. The predicted molar refractivity (Wildman–Crippen MR) is 95.2 cm³/mol. The smallest absolute Gasteiger partial charge is 0.328 e. The number of carbonyl (C=O) groups is 2. The molecule has 0 bridgehead atoms. The van der Waals surface area contributed by atoms with Crippen molar-refractivity contribution >= 4 is 35.0 Å². The number of amides is 1. The zero-order valence-electron chi connectivity index (χ0n) is 14.5. The molecule has 1 atom stereocenters. The summed E-state index contributed by atoms with van der Waals surface area (Å²) in [4.78, 5) is 44.7. The van der Waals surface area contributed by atoms with Gasteiger partial charge in [0.15, 0.2) is 0 Å². The first kappa shape index (κ1) is 21.4. The van der Waals surface area contributed by atoms with Crippen LogP contribution in [0.2, 0.25) is 0 Å². The standard InChI is InChI=1S/C15H19N3O7S/c1-9(2)25-15(20)13(4-5-26-3)16-14(19)10-6-11(17(21)22)8-12(7-10)18(23)24/h6-9,13H,4-5H2,1-3H3,(H,16,19)/t13-/m1/s1. The molecule has 1 N–H and O–H groups in total. The molecule has 0 radical (unpaired) electrons. The largest absolute Gasteiger partial charge is 0.461 e. The lowest BCUT2D eigenvalue weighted by molar-refractivity contribution is -0.394. The minimum atomic E-state index is -0.962. The van der Waals surface area contributed by atoms with Crippen LogP contribution in [0.4, 0.5) is 11.4 Å². The van der Waals surface area contributed by atoms with Crippen molar-refractivity contribution in [3.05, 3.63) is 44.0 Å². The number of carbonyl (C=O) groups excluding carboxylic acids is 2. The van der Waals surface area contributed by atoms with E-state index in [-0.39, 0.29) is 18.1 Å². The van der Waals surface area contributed by atoms with Crippen LogP contribution in [0.15, 0.2) is 18.2 Å². The first-order valence-corrected chi connectivity index (χ1v) is 8.99. The van der Waals surface area contributed by atoms with Gasteiger partial charge < -0.3 is 10.1 Å². The van der Waals surface area contributed by atoms with E-state index < -0.39 is 39.1 Å². The number of rotatable bonds is 9. The first-order chi connectivity index (χ1) is 12.1. The zero-order chi connectivity index (χ0) is 19.9. The van der Waals surface area contributed by atoms with Crippen molar-refractivity contribution < 1.29 is 24.2 Å². The Hall–Kier alpha value is -2.69. The van der Waals surface area contributed by atoms with Crippen molar-refractivity contribution in [1.82, 2.24) is 5.32 Å². The number of hydrogen-bond donors (Lipinski definition) is 1. The molecule has 142 valence electrons. The van der Waals surface area contributed by atoms with E-state index in [0.717, 1.165) is 18.2 Å². The van der Waals surface area contributed by atoms with Crippen molar-refractivity contribution in [2.45, 2.75) is 32.4 Å². The van der Waals surface area contributed by atoms with Crippen LogP contribution in [0, 0.1) is 20.2 Å². The monoisotopic (exact) mass is 385 g/mol. The number of nitrogens with one attached hydrogen (secondary N) is 1. The van der Waals surface area contributed by atoms with Gasteiger partial charge in [-0.2, -0.15) is 11.8 Å². The number of nitrogens with zero attached hydrogens (tertiary/aromatic N) is 2. The minimum Gasteiger partial charge on any atom is -0.461 e. The third kappa shape index (κ3) is 6.31. The molecule has 0 aliphatic heterocycles. The molecule has 0 aromatic heterocycles. The number of non-ortho nitro benzene ring substituents is 2. The van der Waals surface area contributed by atoms with E-state index in [0.29, 0.717) is 5.75 Å². The second-order valence-corrected chi connectivity index (χ2v) is 6.53. The third-order valence-corrected chi connectivity index (χ3v) is 3.78. The highest BCUT2D eigenvalue weighted by atomic mass is 32.2. The van der Waals surface area contributed by atoms with Crippen LogP contribution in [-0.2, 0) is 9.53 Å². The predicted octanol–water partition coefficient (Wildman–Crippen LogP) is 2.31. The van der Waals surface area contributed by atoms with Crippen LogP contribution in [0.1, 0.15) is 30.6 Å². The summed E-state index contributed by atoms with van der Waals surface area (Å²) < 4.78 is 5.09. The van der Waals surface area contributed by atoms with E-state index in [2.05, 4.69) is 5.32 Å². The van der Waals surface area contributed by atoms with Crippen molar-refractivity contribution in [2.75, 3.05) is 12.0 Å². The van der Waals surface area contributed by atoms with E-state index in [1.807, 2.05) is 6.26 Å². The van der Waals surface area contributed by atoms with Crippen LogP contribution in [-0.4, -0.2) is 45.9 Å². The molecule has 11 heteroatoms. The number of esters is 1. The molecule has 0 saturated carbocycles. The Labute approximate surface area is 153 Å².